The van der Waals surface area contributed by atoms with Gasteiger partial charge in [0.05, 0.1) is 6.10 Å². The molecule has 30 heavy (non-hydrogen) atoms. The largest absolute Gasteiger partial charge is 0.393 e. The smallest absolute Gasteiger partial charge is 0.0543 e. The average Bonchev–Trinajstić information content (AvgIpc) is 3.06. The molecule has 0 radical (unpaired) electrons. The van der Waals surface area contributed by atoms with E-state index in [-0.39, 0.29) is 6.10 Å². The highest BCUT2D eigenvalue weighted by Gasteiger charge is 2.55. The molecule has 0 bridgehead atoms. The first-order valence-electron chi connectivity index (χ1n) is 13.4. The van der Waals surface area contributed by atoms with Gasteiger partial charge in [0.15, 0.2) is 0 Å². The molecular weight excluding hydrogens is 366 g/mol. The third-order valence-electron chi connectivity index (χ3n) is 11.0. The van der Waals surface area contributed by atoms with Crippen LogP contribution in [0.15, 0.2) is 11.1 Å². The Hall–Kier alpha value is -0.340. The van der Waals surface area contributed by atoms with Crippen molar-refractivity contribution in [2.24, 2.45) is 40.4 Å². The molecule has 1 heterocycles. The van der Waals surface area contributed by atoms with Crippen molar-refractivity contribution in [2.45, 2.75) is 104 Å². The first-order valence-corrected chi connectivity index (χ1v) is 13.4. The molecule has 5 rings (SSSR count). The second kappa shape index (κ2) is 7.91. The van der Waals surface area contributed by atoms with Crippen LogP contribution in [0.4, 0.5) is 0 Å². The fraction of sp³-hybridized carbons (Fsp3) is 0.929. The van der Waals surface area contributed by atoms with Gasteiger partial charge in [0.25, 0.3) is 0 Å². The number of aliphatic hydroxyl groups excluding tert-OH is 1. The Morgan fingerprint density at radius 1 is 1.07 bits per heavy atom. The number of hydrogen-bond donors (Lipinski definition) is 1. The van der Waals surface area contributed by atoms with E-state index in [0.29, 0.717) is 10.8 Å². The fourth-order valence-electron chi connectivity index (χ4n) is 9.41. The van der Waals surface area contributed by atoms with Crippen molar-refractivity contribution in [1.29, 1.82) is 0 Å². The van der Waals surface area contributed by atoms with Gasteiger partial charge in [-0.15, -0.1) is 0 Å². The lowest BCUT2D eigenvalue weighted by atomic mass is 9.49. The molecule has 1 saturated heterocycles. The third kappa shape index (κ3) is 3.43. The van der Waals surface area contributed by atoms with Crippen LogP contribution in [0.1, 0.15) is 98.3 Å². The maximum absolute atomic E-state index is 10.3. The number of nitrogens with zero attached hydrogens (tertiary/aromatic N) is 1. The van der Waals surface area contributed by atoms with Gasteiger partial charge in [-0.3, -0.25) is 0 Å². The van der Waals surface area contributed by atoms with Gasteiger partial charge in [0.1, 0.15) is 0 Å². The van der Waals surface area contributed by atoms with E-state index < -0.39 is 0 Å². The highest BCUT2D eigenvalue weighted by atomic mass is 16.3. The summed E-state index contributed by atoms with van der Waals surface area (Å²) in [6.45, 7) is 14.3. The Morgan fingerprint density at radius 2 is 1.90 bits per heavy atom. The predicted molar refractivity (Wildman–Crippen MR) is 125 cm³/mol. The molecule has 0 aromatic carbocycles. The summed E-state index contributed by atoms with van der Waals surface area (Å²) < 4.78 is 0. The summed E-state index contributed by atoms with van der Waals surface area (Å²) in [6.07, 6.45) is 14.5. The Labute approximate surface area is 185 Å². The summed E-state index contributed by atoms with van der Waals surface area (Å²) in [4.78, 5) is 2.79. The molecule has 0 spiro atoms. The van der Waals surface area contributed by atoms with Crippen molar-refractivity contribution in [3.8, 4) is 0 Å². The zero-order valence-corrected chi connectivity index (χ0v) is 20.3. The highest BCUT2D eigenvalue weighted by Crippen LogP contribution is 2.65. The summed E-state index contributed by atoms with van der Waals surface area (Å²) >= 11 is 0. The van der Waals surface area contributed by atoms with E-state index in [0.717, 1.165) is 42.4 Å². The standard InChI is InChI=1S/C28H47NO/c1-19-6-5-15-29(17-19)18-20(2)24-9-10-25-23-8-7-21-16-22(30)11-13-27(21,3)26(23)12-14-28(24,25)4/h19-22,24,26,30H,5-18H2,1-4H3/t19?,20-,21?,22+,24-,26?,27+,28-/m1/s1. The Bertz CT molecular complexity index is 684. The zero-order valence-electron chi connectivity index (χ0n) is 20.3. The summed E-state index contributed by atoms with van der Waals surface area (Å²) in [5, 5.41) is 10.3. The van der Waals surface area contributed by atoms with E-state index in [1.54, 1.807) is 0 Å². The molecule has 0 amide bonds. The van der Waals surface area contributed by atoms with Crippen LogP contribution >= 0.6 is 0 Å². The van der Waals surface area contributed by atoms with Gasteiger partial charge in [-0.2, -0.15) is 0 Å². The SMILES string of the molecule is CC1CCCN(C[C@@H](C)[C@H]2CCC3=C4CCC5C[C@@H](O)CC[C@]5(C)C4CC[C@@]32C)C1. The molecule has 4 aliphatic carbocycles. The molecule has 170 valence electrons. The van der Waals surface area contributed by atoms with Crippen LogP contribution in [-0.2, 0) is 0 Å². The van der Waals surface area contributed by atoms with E-state index in [2.05, 4.69) is 32.6 Å². The van der Waals surface area contributed by atoms with Gasteiger partial charge in [-0.25, -0.2) is 0 Å². The van der Waals surface area contributed by atoms with Gasteiger partial charge in [0.2, 0.25) is 0 Å². The number of likely N-dealkylation sites (tertiary alicyclic amines) is 1. The van der Waals surface area contributed by atoms with Crippen LogP contribution in [0.2, 0.25) is 0 Å². The van der Waals surface area contributed by atoms with Gasteiger partial charge in [0, 0.05) is 13.1 Å². The van der Waals surface area contributed by atoms with Crippen molar-refractivity contribution in [1.82, 2.24) is 4.90 Å². The molecule has 2 heteroatoms. The third-order valence-corrected chi connectivity index (χ3v) is 11.0. The number of allylic oxidation sites excluding steroid dienone is 2. The molecule has 2 nitrogen and oxygen atoms in total. The minimum Gasteiger partial charge on any atom is -0.393 e. The van der Waals surface area contributed by atoms with Crippen molar-refractivity contribution >= 4 is 0 Å². The lowest BCUT2D eigenvalue weighted by Gasteiger charge is -2.56. The van der Waals surface area contributed by atoms with Crippen molar-refractivity contribution in [3.63, 3.8) is 0 Å². The van der Waals surface area contributed by atoms with Crippen LogP contribution in [0.25, 0.3) is 0 Å². The average molecular weight is 414 g/mol. The minimum atomic E-state index is -0.0275. The van der Waals surface area contributed by atoms with Gasteiger partial charge < -0.3 is 10.0 Å². The lowest BCUT2D eigenvalue weighted by Crippen LogP contribution is -2.48. The van der Waals surface area contributed by atoms with Crippen molar-refractivity contribution in [3.05, 3.63) is 11.1 Å². The number of rotatable bonds is 3. The fourth-order valence-corrected chi connectivity index (χ4v) is 9.41. The monoisotopic (exact) mass is 413 g/mol. The van der Waals surface area contributed by atoms with E-state index >= 15 is 0 Å². The van der Waals surface area contributed by atoms with Crippen LogP contribution in [-0.4, -0.2) is 35.7 Å². The van der Waals surface area contributed by atoms with E-state index in [1.807, 2.05) is 11.1 Å². The second-order valence-electron chi connectivity index (χ2n) is 12.8. The lowest BCUT2D eigenvalue weighted by molar-refractivity contribution is -0.0384. The Kier molecular flexibility index (Phi) is 5.67. The number of aliphatic hydroxyl groups is 1. The summed E-state index contributed by atoms with van der Waals surface area (Å²) in [6, 6.07) is 0. The van der Waals surface area contributed by atoms with Crippen molar-refractivity contribution in [2.75, 3.05) is 19.6 Å². The van der Waals surface area contributed by atoms with Crippen molar-refractivity contribution < 1.29 is 5.11 Å². The highest BCUT2D eigenvalue weighted by molar-refractivity contribution is 5.34. The van der Waals surface area contributed by atoms with E-state index in [4.69, 9.17) is 0 Å². The maximum Gasteiger partial charge on any atom is 0.0543 e. The molecule has 3 unspecified atom stereocenters. The molecule has 0 aromatic heterocycles. The molecule has 1 aliphatic heterocycles. The van der Waals surface area contributed by atoms with Crippen LogP contribution in [0.5, 0.6) is 0 Å². The normalized spacial score (nSPS) is 48.1. The summed E-state index contributed by atoms with van der Waals surface area (Å²) in [5.74, 6) is 4.19. The predicted octanol–water partition coefficient (Wildman–Crippen LogP) is 6.44. The minimum absolute atomic E-state index is 0.0275. The quantitative estimate of drug-likeness (QED) is 0.538. The molecule has 1 N–H and O–H groups in total. The van der Waals surface area contributed by atoms with Gasteiger partial charge in [-0.1, -0.05) is 38.8 Å². The number of fused-ring (bicyclic) bond motifs is 4. The number of hydrogen-bond acceptors (Lipinski definition) is 2. The Morgan fingerprint density at radius 3 is 2.70 bits per heavy atom. The zero-order chi connectivity index (χ0) is 21.1. The Balaban J connectivity index is 1.35. The van der Waals surface area contributed by atoms with Gasteiger partial charge >= 0.3 is 0 Å². The van der Waals surface area contributed by atoms with Crippen LogP contribution in [0, 0.1) is 40.4 Å². The first kappa shape index (κ1) is 21.5. The molecule has 3 saturated carbocycles. The van der Waals surface area contributed by atoms with E-state index in [1.165, 1.54) is 77.4 Å². The molecule has 8 atom stereocenters. The topological polar surface area (TPSA) is 23.5 Å². The van der Waals surface area contributed by atoms with Crippen LogP contribution in [0.3, 0.4) is 0 Å². The summed E-state index contributed by atoms with van der Waals surface area (Å²) in [5.41, 5.74) is 4.78. The summed E-state index contributed by atoms with van der Waals surface area (Å²) in [7, 11) is 0. The number of piperidine rings is 1. The van der Waals surface area contributed by atoms with Crippen LogP contribution < -0.4 is 0 Å². The van der Waals surface area contributed by atoms with Gasteiger partial charge in [-0.05, 0) is 118 Å². The van der Waals surface area contributed by atoms with E-state index in [9.17, 15) is 5.11 Å². The first-order chi connectivity index (χ1) is 14.3. The molecule has 5 aliphatic rings. The molecule has 0 aromatic rings. The molecular formula is C28H47NO. The molecule has 4 fully saturated rings. The maximum atomic E-state index is 10.3. The second-order valence-corrected chi connectivity index (χ2v) is 12.8.